The summed E-state index contributed by atoms with van der Waals surface area (Å²) in [6, 6.07) is 9.61. The molecule has 1 aliphatic rings. The van der Waals surface area contributed by atoms with Gasteiger partial charge in [-0.05, 0) is 42.3 Å². The molecule has 0 aromatic heterocycles. The number of nitrogens with zero attached hydrogens (tertiary/aromatic N) is 1. The molecule has 1 saturated heterocycles. The number of nitrogens with one attached hydrogen (secondary N) is 1. The Morgan fingerprint density at radius 1 is 1.19 bits per heavy atom. The van der Waals surface area contributed by atoms with Gasteiger partial charge in [-0.1, -0.05) is 28.1 Å². The first-order chi connectivity index (χ1) is 14.6. The highest BCUT2D eigenvalue weighted by Gasteiger charge is 2.35. The van der Waals surface area contributed by atoms with Crippen molar-refractivity contribution in [2.45, 2.75) is 24.6 Å². The van der Waals surface area contributed by atoms with Crippen molar-refractivity contribution in [2.24, 2.45) is 0 Å². The van der Waals surface area contributed by atoms with Gasteiger partial charge in [0, 0.05) is 35.1 Å². The normalized spacial score (nSPS) is 19.1. The Balaban J connectivity index is 1.86. The molecule has 2 aromatic carbocycles. The predicted octanol–water partition coefficient (Wildman–Crippen LogP) is 4.74. The van der Waals surface area contributed by atoms with E-state index in [2.05, 4.69) is 21.2 Å². The van der Waals surface area contributed by atoms with Gasteiger partial charge in [0.1, 0.15) is 5.75 Å². The highest BCUT2D eigenvalue weighted by Crippen LogP contribution is 2.33. The van der Waals surface area contributed by atoms with Gasteiger partial charge in [-0.25, -0.2) is 4.79 Å². The van der Waals surface area contributed by atoms with E-state index in [-0.39, 0.29) is 29.0 Å². The van der Waals surface area contributed by atoms with Crippen LogP contribution in [0, 0.1) is 0 Å². The minimum atomic E-state index is -4.59. The summed E-state index contributed by atoms with van der Waals surface area (Å²) in [5.74, 6) is -0.392. The van der Waals surface area contributed by atoms with Gasteiger partial charge in [0.15, 0.2) is 0 Å². The quantitative estimate of drug-likeness (QED) is 0.635. The molecule has 166 valence electrons. The molecule has 10 heteroatoms. The van der Waals surface area contributed by atoms with E-state index in [9.17, 15) is 27.9 Å². The number of piperidine rings is 1. The average molecular weight is 501 g/mol. The molecule has 1 fully saturated rings. The van der Waals surface area contributed by atoms with Crippen molar-refractivity contribution in [3.05, 3.63) is 63.6 Å². The fraction of sp³-hybridized carbons (Fsp3) is 0.333. The molecule has 2 atom stereocenters. The van der Waals surface area contributed by atoms with E-state index in [1.54, 1.807) is 24.3 Å². The smallest absolute Gasteiger partial charge is 0.416 e. The molecule has 1 heterocycles. The summed E-state index contributed by atoms with van der Waals surface area (Å²) in [6.45, 7) is 0.359. The van der Waals surface area contributed by atoms with Crippen LogP contribution >= 0.6 is 15.9 Å². The molecule has 2 amide bonds. The third-order valence-electron chi connectivity index (χ3n) is 5.23. The number of hydrogen-bond donors (Lipinski definition) is 2. The average Bonchev–Trinajstić information content (AvgIpc) is 2.73. The summed E-state index contributed by atoms with van der Waals surface area (Å²) >= 11 is 3.02. The van der Waals surface area contributed by atoms with Gasteiger partial charge in [-0.3, -0.25) is 4.79 Å². The molecule has 0 bridgehead atoms. The van der Waals surface area contributed by atoms with Crippen molar-refractivity contribution >= 4 is 27.9 Å². The van der Waals surface area contributed by atoms with Crippen molar-refractivity contribution in [2.75, 3.05) is 20.2 Å². The van der Waals surface area contributed by atoms with Gasteiger partial charge < -0.3 is 20.1 Å². The first kappa shape index (κ1) is 22.9. The van der Waals surface area contributed by atoms with Crippen molar-refractivity contribution < 1.29 is 32.6 Å². The Labute approximate surface area is 185 Å². The van der Waals surface area contributed by atoms with E-state index in [0.29, 0.717) is 12.2 Å². The molecule has 0 saturated carbocycles. The topological polar surface area (TPSA) is 78.9 Å². The zero-order valence-corrected chi connectivity index (χ0v) is 18.0. The molecule has 0 aliphatic carbocycles. The predicted molar refractivity (Wildman–Crippen MR) is 110 cm³/mol. The molecule has 1 aliphatic heterocycles. The number of methoxy groups -OCH3 is 1. The molecule has 0 radical (unpaired) electrons. The van der Waals surface area contributed by atoms with Gasteiger partial charge in [-0.2, -0.15) is 13.2 Å². The Morgan fingerprint density at radius 3 is 2.45 bits per heavy atom. The summed E-state index contributed by atoms with van der Waals surface area (Å²) in [4.78, 5) is 25.5. The van der Waals surface area contributed by atoms with Crippen LogP contribution in [0.4, 0.5) is 18.0 Å². The molecule has 0 spiro atoms. The fourth-order valence-corrected chi connectivity index (χ4v) is 4.12. The number of amides is 2. The lowest BCUT2D eigenvalue weighted by Gasteiger charge is -2.38. The van der Waals surface area contributed by atoms with Crippen LogP contribution < -0.4 is 10.1 Å². The standard InChI is InChI=1S/C21H20BrF3N2O4/c1-31-16-4-2-12(3-5-16)17-11-27(20(29)30)7-6-18(17)26-19(28)13-8-14(21(23,24)25)10-15(22)9-13/h2-5,8-10,17-18H,6-7,11H2,1H3,(H,26,28)(H,29,30). The minimum absolute atomic E-state index is 0.129. The maximum Gasteiger partial charge on any atom is 0.416 e. The zero-order valence-electron chi connectivity index (χ0n) is 16.4. The number of carboxylic acid groups (broad SMARTS) is 1. The van der Waals surface area contributed by atoms with Crippen LogP contribution in [-0.4, -0.2) is 48.2 Å². The van der Waals surface area contributed by atoms with E-state index >= 15 is 0 Å². The van der Waals surface area contributed by atoms with Gasteiger partial charge in [0.05, 0.1) is 12.7 Å². The van der Waals surface area contributed by atoms with E-state index in [0.717, 1.165) is 17.7 Å². The Bertz CT molecular complexity index is 966. The van der Waals surface area contributed by atoms with E-state index in [4.69, 9.17) is 4.74 Å². The van der Waals surface area contributed by atoms with E-state index in [1.807, 2.05) is 0 Å². The number of benzene rings is 2. The Kier molecular flexibility index (Phi) is 6.78. The highest BCUT2D eigenvalue weighted by atomic mass is 79.9. The number of halogens is 4. The van der Waals surface area contributed by atoms with Gasteiger partial charge in [0.25, 0.3) is 5.91 Å². The molecular formula is C21H20BrF3N2O4. The largest absolute Gasteiger partial charge is 0.497 e. The zero-order chi connectivity index (χ0) is 22.8. The van der Waals surface area contributed by atoms with Gasteiger partial charge >= 0.3 is 12.3 Å². The number of alkyl halides is 3. The second kappa shape index (κ2) is 9.17. The Morgan fingerprint density at radius 2 is 1.87 bits per heavy atom. The maximum absolute atomic E-state index is 13.1. The number of rotatable bonds is 4. The molecule has 2 unspecified atom stereocenters. The summed E-state index contributed by atoms with van der Waals surface area (Å²) in [6.07, 6.45) is -5.32. The molecule has 31 heavy (non-hydrogen) atoms. The lowest BCUT2D eigenvalue weighted by Crippen LogP contribution is -2.51. The summed E-state index contributed by atoms with van der Waals surface area (Å²) in [5.41, 5.74) is -0.266. The van der Waals surface area contributed by atoms with E-state index < -0.39 is 29.8 Å². The molecule has 2 aromatic rings. The number of carbonyl (C=O) groups is 2. The van der Waals surface area contributed by atoms with Crippen LogP contribution in [0.15, 0.2) is 46.9 Å². The molecular weight excluding hydrogens is 481 g/mol. The van der Waals surface area contributed by atoms with Crippen molar-refractivity contribution in [1.82, 2.24) is 10.2 Å². The fourth-order valence-electron chi connectivity index (χ4n) is 3.62. The van der Waals surface area contributed by atoms with E-state index in [1.165, 1.54) is 18.1 Å². The van der Waals surface area contributed by atoms with Crippen LogP contribution in [0.2, 0.25) is 0 Å². The SMILES string of the molecule is COc1ccc(C2CN(C(=O)O)CCC2NC(=O)c2cc(Br)cc(C(F)(F)F)c2)cc1. The highest BCUT2D eigenvalue weighted by molar-refractivity contribution is 9.10. The molecule has 6 nitrogen and oxygen atoms in total. The third kappa shape index (κ3) is 5.49. The first-order valence-corrected chi connectivity index (χ1v) is 10.2. The van der Waals surface area contributed by atoms with Gasteiger partial charge in [0.2, 0.25) is 0 Å². The second-order valence-corrected chi connectivity index (χ2v) is 8.12. The van der Waals surface area contributed by atoms with Gasteiger partial charge in [-0.15, -0.1) is 0 Å². The molecule has 2 N–H and O–H groups in total. The van der Waals surface area contributed by atoms with Crippen LogP contribution in [-0.2, 0) is 6.18 Å². The maximum atomic E-state index is 13.1. The molecule has 3 rings (SSSR count). The number of likely N-dealkylation sites (tertiary alicyclic amines) is 1. The van der Waals surface area contributed by atoms with Crippen molar-refractivity contribution in [1.29, 1.82) is 0 Å². The summed E-state index contributed by atoms with van der Waals surface area (Å²) < 4.78 is 44.6. The minimum Gasteiger partial charge on any atom is -0.497 e. The number of ether oxygens (including phenoxy) is 1. The number of hydrogen-bond acceptors (Lipinski definition) is 3. The Hall–Kier alpha value is -2.75. The van der Waals surface area contributed by atoms with Crippen LogP contribution in [0.1, 0.15) is 33.8 Å². The lowest BCUT2D eigenvalue weighted by atomic mass is 9.85. The second-order valence-electron chi connectivity index (χ2n) is 7.20. The third-order valence-corrected chi connectivity index (χ3v) is 5.69. The number of carbonyl (C=O) groups excluding carboxylic acids is 1. The van der Waals surface area contributed by atoms with Crippen molar-refractivity contribution in [3.63, 3.8) is 0 Å². The summed E-state index contributed by atoms with van der Waals surface area (Å²) in [5, 5.41) is 12.2. The van der Waals surface area contributed by atoms with Crippen LogP contribution in [0.3, 0.4) is 0 Å². The summed E-state index contributed by atoms with van der Waals surface area (Å²) in [7, 11) is 1.53. The van der Waals surface area contributed by atoms with Crippen LogP contribution in [0.5, 0.6) is 5.75 Å². The lowest BCUT2D eigenvalue weighted by molar-refractivity contribution is -0.137. The van der Waals surface area contributed by atoms with Crippen molar-refractivity contribution in [3.8, 4) is 5.75 Å². The monoisotopic (exact) mass is 500 g/mol. The first-order valence-electron chi connectivity index (χ1n) is 9.39. The van der Waals surface area contributed by atoms with Crippen LogP contribution in [0.25, 0.3) is 0 Å².